The topological polar surface area (TPSA) is 164 Å². The lowest BCUT2D eigenvalue weighted by Gasteiger charge is -2.43. The van der Waals surface area contributed by atoms with Crippen LogP contribution in [-0.4, -0.2) is 59.5 Å². The van der Waals surface area contributed by atoms with E-state index in [2.05, 4.69) is 37.6 Å². The lowest BCUT2D eigenvalue weighted by Crippen LogP contribution is -2.54. The molecule has 0 saturated carbocycles. The first kappa shape index (κ1) is 39.5. The molecule has 0 spiro atoms. The molecule has 2 aromatic heterocycles. The number of carbonyl (C=O) groups is 4. The van der Waals surface area contributed by atoms with Crippen LogP contribution >= 0.6 is 0 Å². The van der Waals surface area contributed by atoms with E-state index < -0.39 is 54.7 Å². The molecule has 2 aliphatic rings. The van der Waals surface area contributed by atoms with Crippen molar-refractivity contribution < 1.29 is 38.1 Å². The maximum Gasteiger partial charge on any atom is 0.412 e. The van der Waals surface area contributed by atoms with Crippen LogP contribution in [0, 0.1) is 5.92 Å². The number of aromatic nitrogens is 2. The zero-order chi connectivity index (χ0) is 39.3. The van der Waals surface area contributed by atoms with Gasteiger partial charge in [0, 0.05) is 28.7 Å². The Balaban J connectivity index is 1.56. The fourth-order valence-electron chi connectivity index (χ4n) is 7.25. The molecule has 53 heavy (non-hydrogen) atoms. The first-order valence-electron chi connectivity index (χ1n) is 18.2. The normalized spacial score (nSPS) is 18.1. The van der Waals surface area contributed by atoms with E-state index in [-0.39, 0.29) is 31.5 Å². The van der Waals surface area contributed by atoms with E-state index in [1.807, 2.05) is 6.07 Å². The number of hydrogen-bond acceptors (Lipinski definition) is 10. The summed E-state index contributed by atoms with van der Waals surface area (Å²) in [5.74, 6) is -1.18. The van der Waals surface area contributed by atoms with Crippen LogP contribution in [0.25, 0.3) is 22.3 Å². The van der Waals surface area contributed by atoms with Crippen LogP contribution in [0.5, 0.6) is 0 Å². The van der Waals surface area contributed by atoms with Crippen molar-refractivity contribution in [2.75, 3.05) is 11.9 Å². The summed E-state index contributed by atoms with van der Waals surface area (Å²) in [6, 6.07) is 9.78. The molecular formula is C39H52N4O9Si. The van der Waals surface area contributed by atoms with Gasteiger partial charge in [0.25, 0.3) is 5.56 Å². The third kappa shape index (κ3) is 8.42. The zero-order valence-electron chi connectivity index (χ0n) is 32.6. The van der Waals surface area contributed by atoms with Crippen LogP contribution in [0.2, 0.25) is 19.1 Å². The fourth-order valence-corrected chi connectivity index (χ4v) is 11.1. The lowest BCUT2D eigenvalue weighted by atomic mass is 9.85. The van der Waals surface area contributed by atoms with Gasteiger partial charge in [0.2, 0.25) is 5.60 Å². The predicted octanol–water partition coefficient (Wildman–Crippen LogP) is 7.34. The largest absolute Gasteiger partial charge is 0.458 e. The number of pyridine rings is 2. The van der Waals surface area contributed by atoms with Crippen LogP contribution in [0.1, 0.15) is 97.6 Å². The van der Waals surface area contributed by atoms with Crippen molar-refractivity contribution in [1.82, 2.24) is 14.9 Å². The van der Waals surface area contributed by atoms with Crippen LogP contribution in [0.3, 0.4) is 0 Å². The molecule has 2 N–H and O–H groups in total. The summed E-state index contributed by atoms with van der Waals surface area (Å²) in [6.07, 6.45) is -1.50. The average Bonchev–Trinajstić information content (AvgIpc) is 3.36. The number of nitrogens with one attached hydrogen (secondary N) is 2. The third-order valence-corrected chi connectivity index (χ3v) is 12.8. The number of cyclic esters (lactones) is 1. The SMILES string of the molecule is CCC1(OC(=O)CCNC(=O)OC(C)(C)C)C(=O)OC([Si](C)(C)CC(C)C)c2c1cc1n(c2=O)Cc2cc3cc(NC(=O)OC(C)(C)C)ccc3nc2-1. The second-order valence-corrected chi connectivity index (χ2v) is 21.9. The number of hydrogen-bond donors (Lipinski definition) is 2. The quantitative estimate of drug-likeness (QED) is 0.101. The standard InChI is InChI=1S/C39H52N4O9Si/c1-12-39(50-29(44)15-16-40-35(47)51-37(4,5)6)26-19-28-31-24(17-23-18-25(13-14-27(23)42-31)41-36(48)52-38(7,8)9)20-43(28)32(45)30(26)33(49-34(39)46)53(10,11)21-22(2)3/h13-14,17-19,22,33H,12,15-16,20-21H2,1-11H3,(H,40,47)(H,41,48). The Labute approximate surface area is 311 Å². The van der Waals surface area contributed by atoms with Gasteiger partial charge >= 0.3 is 24.1 Å². The molecule has 1 aromatic carbocycles. The highest BCUT2D eigenvalue weighted by Crippen LogP contribution is 2.47. The second kappa shape index (κ2) is 14.3. The van der Waals surface area contributed by atoms with Crippen molar-refractivity contribution in [1.29, 1.82) is 0 Å². The van der Waals surface area contributed by atoms with Crippen molar-refractivity contribution in [3.63, 3.8) is 0 Å². The number of fused-ring (bicyclic) bond motifs is 5. The van der Waals surface area contributed by atoms with Crippen LogP contribution in [0.15, 0.2) is 35.1 Å². The van der Waals surface area contributed by atoms with E-state index in [0.717, 1.165) is 17.0 Å². The van der Waals surface area contributed by atoms with E-state index in [9.17, 15) is 24.0 Å². The zero-order valence-corrected chi connectivity index (χ0v) is 33.6. The molecule has 0 aliphatic carbocycles. The summed E-state index contributed by atoms with van der Waals surface area (Å²) < 4.78 is 24.6. The van der Waals surface area contributed by atoms with Crippen LogP contribution in [-0.2, 0) is 40.7 Å². The number of carbonyl (C=O) groups excluding carboxylic acids is 4. The molecule has 4 heterocycles. The molecule has 0 radical (unpaired) electrons. The van der Waals surface area contributed by atoms with E-state index in [0.29, 0.717) is 39.6 Å². The first-order chi connectivity index (χ1) is 24.5. The number of alkyl carbamates (subject to hydrolysis) is 1. The third-order valence-electron chi connectivity index (χ3n) is 9.13. The van der Waals surface area contributed by atoms with Gasteiger partial charge in [-0.2, -0.15) is 0 Å². The van der Waals surface area contributed by atoms with E-state index in [1.54, 1.807) is 77.3 Å². The molecule has 0 bridgehead atoms. The first-order valence-corrected chi connectivity index (χ1v) is 21.4. The number of amides is 2. The molecule has 0 fully saturated rings. The molecule has 2 amide bonds. The van der Waals surface area contributed by atoms with Gasteiger partial charge in [0.05, 0.1) is 35.4 Å². The molecule has 2 unspecified atom stereocenters. The number of nitrogens with zero attached hydrogens (tertiary/aromatic N) is 2. The second-order valence-electron chi connectivity index (χ2n) is 17.0. The molecule has 0 saturated heterocycles. The van der Waals surface area contributed by atoms with Crippen molar-refractivity contribution in [3.05, 3.63) is 57.4 Å². The minimum absolute atomic E-state index is 0.0112. The lowest BCUT2D eigenvalue weighted by molar-refractivity contribution is -0.190. The molecule has 3 aromatic rings. The van der Waals surface area contributed by atoms with Gasteiger partial charge in [-0.1, -0.05) is 39.9 Å². The number of ether oxygens (including phenoxy) is 4. The Kier molecular flexibility index (Phi) is 10.6. The Morgan fingerprint density at radius 3 is 2.30 bits per heavy atom. The van der Waals surface area contributed by atoms with E-state index >= 15 is 0 Å². The van der Waals surface area contributed by atoms with Crippen molar-refractivity contribution >= 4 is 48.8 Å². The fraction of sp³-hybridized carbons (Fsp3) is 0.538. The molecule has 13 nitrogen and oxygen atoms in total. The minimum Gasteiger partial charge on any atom is -0.458 e. The monoisotopic (exact) mass is 748 g/mol. The van der Waals surface area contributed by atoms with Gasteiger partial charge in [0.15, 0.2) is 0 Å². The average molecular weight is 749 g/mol. The molecule has 5 rings (SSSR count). The van der Waals surface area contributed by atoms with Crippen LogP contribution < -0.4 is 16.2 Å². The van der Waals surface area contributed by atoms with Crippen molar-refractivity contribution in [2.24, 2.45) is 5.92 Å². The number of anilines is 1. The van der Waals surface area contributed by atoms with Gasteiger partial charge in [-0.25, -0.2) is 19.4 Å². The van der Waals surface area contributed by atoms with Gasteiger partial charge < -0.3 is 28.8 Å². The predicted molar refractivity (Wildman–Crippen MR) is 203 cm³/mol. The van der Waals surface area contributed by atoms with Gasteiger partial charge in [-0.15, -0.1) is 0 Å². The van der Waals surface area contributed by atoms with Crippen molar-refractivity contribution in [3.8, 4) is 11.4 Å². The highest BCUT2D eigenvalue weighted by Gasteiger charge is 2.56. The molecular weight excluding hydrogens is 697 g/mol. The Hall–Kier alpha value is -4.72. The smallest absolute Gasteiger partial charge is 0.412 e. The Morgan fingerprint density at radius 2 is 1.68 bits per heavy atom. The number of rotatable bonds is 9. The van der Waals surface area contributed by atoms with Gasteiger partial charge in [-0.3, -0.25) is 14.9 Å². The van der Waals surface area contributed by atoms with E-state index in [4.69, 9.17) is 23.9 Å². The summed E-state index contributed by atoms with van der Waals surface area (Å²) in [5, 5.41) is 6.06. The summed E-state index contributed by atoms with van der Waals surface area (Å²) in [4.78, 5) is 71.9. The van der Waals surface area contributed by atoms with Crippen molar-refractivity contribution in [2.45, 2.75) is 123 Å². The minimum atomic E-state index is -2.46. The highest BCUT2D eigenvalue weighted by atomic mass is 28.3. The summed E-state index contributed by atoms with van der Waals surface area (Å²) in [7, 11) is -2.46. The number of esters is 2. The van der Waals surface area contributed by atoms with Gasteiger partial charge in [-0.05, 0) is 84.2 Å². The Bertz CT molecular complexity index is 2030. The molecule has 286 valence electrons. The molecule has 14 heteroatoms. The summed E-state index contributed by atoms with van der Waals surface area (Å²) in [6.45, 7) is 20.8. The highest BCUT2D eigenvalue weighted by molar-refractivity contribution is 6.78. The van der Waals surface area contributed by atoms with E-state index in [1.165, 1.54) is 0 Å². The Morgan fingerprint density at radius 1 is 1.02 bits per heavy atom. The van der Waals surface area contributed by atoms with Crippen LogP contribution in [0.4, 0.5) is 15.3 Å². The molecule has 2 atom stereocenters. The maximum atomic E-state index is 14.8. The summed E-state index contributed by atoms with van der Waals surface area (Å²) in [5.41, 5.74) is -0.730. The van der Waals surface area contributed by atoms with Gasteiger partial charge in [0.1, 0.15) is 25.0 Å². The maximum absolute atomic E-state index is 14.8. The number of benzene rings is 1. The molecule has 2 aliphatic heterocycles. The summed E-state index contributed by atoms with van der Waals surface area (Å²) >= 11 is 0.